The Hall–Kier alpha value is -1.59. The Morgan fingerprint density at radius 2 is 2.15 bits per heavy atom. The molecule has 4 N–H and O–H groups in total. The molecule has 5 nitrogen and oxygen atoms in total. The van der Waals surface area contributed by atoms with E-state index in [2.05, 4.69) is 10.6 Å². The number of amides is 2. The highest BCUT2D eigenvalue weighted by atomic mass is 16.3. The Labute approximate surface area is 120 Å². The molecule has 0 fully saturated rings. The van der Waals surface area contributed by atoms with Crippen LogP contribution < -0.4 is 10.6 Å². The maximum absolute atomic E-state index is 11.6. The van der Waals surface area contributed by atoms with E-state index in [1.165, 1.54) is 0 Å². The van der Waals surface area contributed by atoms with Crippen LogP contribution in [0.25, 0.3) is 0 Å². The molecular weight excluding hydrogens is 256 g/mol. The first-order chi connectivity index (χ1) is 9.52. The lowest BCUT2D eigenvalue weighted by Crippen LogP contribution is -2.42. The van der Waals surface area contributed by atoms with Crippen LogP contribution in [0, 0.1) is 6.92 Å². The second-order valence-electron chi connectivity index (χ2n) is 5.05. The minimum atomic E-state index is -0.714. The van der Waals surface area contributed by atoms with Gasteiger partial charge in [-0.3, -0.25) is 0 Å². The molecule has 0 radical (unpaired) electrons. The first kappa shape index (κ1) is 16.5. The minimum absolute atomic E-state index is 0.00161. The normalized spacial score (nSPS) is 13.6. The fraction of sp³-hybridized carbons (Fsp3) is 0.533. The van der Waals surface area contributed by atoms with E-state index in [9.17, 15) is 9.90 Å². The molecule has 2 amide bonds. The van der Waals surface area contributed by atoms with Crippen LogP contribution in [0.4, 0.5) is 4.79 Å². The highest BCUT2D eigenvalue weighted by Crippen LogP contribution is 2.13. The second kappa shape index (κ2) is 8.55. The zero-order valence-corrected chi connectivity index (χ0v) is 12.1. The molecule has 0 saturated heterocycles. The van der Waals surface area contributed by atoms with E-state index < -0.39 is 6.10 Å². The lowest BCUT2D eigenvalue weighted by Gasteiger charge is -2.16. The molecule has 0 spiro atoms. The van der Waals surface area contributed by atoms with Gasteiger partial charge in [0, 0.05) is 19.2 Å². The number of nitrogens with one attached hydrogen (secondary N) is 2. The summed E-state index contributed by atoms with van der Waals surface area (Å²) in [6.07, 6.45) is 0.672. The third kappa shape index (κ3) is 6.04. The number of hydrogen-bond donors (Lipinski definition) is 4. The van der Waals surface area contributed by atoms with Crippen LogP contribution >= 0.6 is 0 Å². The van der Waals surface area contributed by atoms with Crippen molar-refractivity contribution in [3.8, 4) is 0 Å². The molecule has 20 heavy (non-hydrogen) atoms. The SMILES string of the molecule is Cc1cccc(C(O)CNC(=O)NC(C)CCCO)c1. The number of carbonyl (C=O) groups is 1. The lowest BCUT2D eigenvalue weighted by atomic mass is 10.1. The van der Waals surface area contributed by atoms with E-state index in [1.54, 1.807) is 0 Å². The third-order valence-corrected chi connectivity index (χ3v) is 3.06. The number of aliphatic hydroxyl groups excluding tert-OH is 2. The van der Waals surface area contributed by atoms with Crippen molar-refractivity contribution in [3.63, 3.8) is 0 Å². The van der Waals surface area contributed by atoms with Gasteiger partial charge in [-0.2, -0.15) is 0 Å². The molecule has 5 heteroatoms. The van der Waals surface area contributed by atoms with Gasteiger partial charge in [0.05, 0.1) is 6.10 Å². The van der Waals surface area contributed by atoms with Gasteiger partial charge in [-0.25, -0.2) is 4.79 Å². The van der Waals surface area contributed by atoms with Crippen LogP contribution in [0.5, 0.6) is 0 Å². The molecule has 2 unspecified atom stereocenters. The molecule has 0 heterocycles. The average molecular weight is 280 g/mol. The Balaban J connectivity index is 2.33. The van der Waals surface area contributed by atoms with Crippen LogP contribution in [0.2, 0.25) is 0 Å². The Morgan fingerprint density at radius 3 is 2.80 bits per heavy atom. The maximum Gasteiger partial charge on any atom is 0.315 e. The van der Waals surface area contributed by atoms with E-state index in [4.69, 9.17) is 5.11 Å². The summed E-state index contributed by atoms with van der Waals surface area (Å²) in [7, 11) is 0. The monoisotopic (exact) mass is 280 g/mol. The number of hydrogen-bond acceptors (Lipinski definition) is 3. The highest BCUT2D eigenvalue weighted by molar-refractivity contribution is 5.74. The van der Waals surface area contributed by atoms with Gasteiger partial charge in [0.25, 0.3) is 0 Å². The molecule has 0 aliphatic rings. The first-order valence-corrected chi connectivity index (χ1v) is 6.92. The summed E-state index contributed by atoms with van der Waals surface area (Å²) < 4.78 is 0. The van der Waals surface area contributed by atoms with Crippen LogP contribution in [-0.4, -0.2) is 35.4 Å². The van der Waals surface area contributed by atoms with Crippen molar-refractivity contribution in [1.82, 2.24) is 10.6 Å². The molecular formula is C15H24N2O3. The van der Waals surface area contributed by atoms with Gasteiger partial charge in [0.1, 0.15) is 0 Å². The van der Waals surface area contributed by atoms with Gasteiger partial charge >= 0.3 is 6.03 Å². The third-order valence-electron chi connectivity index (χ3n) is 3.06. The molecule has 1 rings (SSSR count). The average Bonchev–Trinajstić information content (AvgIpc) is 2.42. The van der Waals surface area contributed by atoms with Crippen molar-refractivity contribution < 1.29 is 15.0 Å². The van der Waals surface area contributed by atoms with Gasteiger partial charge in [0.2, 0.25) is 0 Å². The summed E-state index contributed by atoms with van der Waals surface area (Å²) in [6.45, 7) is 4.13. The number of rotatable bonds is 7. The molecule has 2 atom stereocenters. The van der Waals surface area contributed by atoms with Crippen LogP contribution in [0.15, 0.2) is 24.3 Å². The van der Waals surface area contributed by atoms with Gasteiger partial charge < -0.3 is 20.8 Å². The smallest absolute Gasteiger partial charge is 0.315 e. The summed E-state index contributed by atoms with van der Waals surface area (Å²) in [5, 5.41) is 24.1. The van der Waals surface area contributed by atoms with Gasteiger partial charge in [-0.05, 0) is 32.3 Å². The van der Waals surface area contributed by atoms with E-state index in [-0.39, 0.29) is 25.2 Å². The quantitative estimate of drug-likeness (QED) is 0.611. The molecule has 1 aromatic carbocycles. The standard InChI is InChI=1S/C15H24N2O3/c1-11-5-3-7-13(9-11)14(19)10-16-15(20)17-12(2)6-4-8-18/h3,5,7,9,12,14,18-19H,4,6,8,10H2,1-2H3,(H2,16,17,20). The predicted octanol–water partition coefficient (Wildman–Crippen LogP) is 1.49. The highest BCUT2D eigenvalue weighted by Gasteiger charge is 2.11. The van der Waals surface area contributed by atoms with Gasteiger partial charge in [0.15, 0.2) is 0 Å². The molecule has 112 valence electrons. The summed E-state index contributed by atoms with van der Waals surface area (Å²) in [5.41, 5.74) is 1.86. The number of aliphatic hydroxyl groups is 2. The van der Waals surface area contributed by atoms with E-state index in [0.29, 0.717) is 6.42 Å². The lowest BCUT2D eigenvalue weighted by molar-refractivity contribution is 0.172. The topological polar surface area (TPSA) is 81.6 Å². The van der Waals surface area contributed by atoms with Crippen LogP contribution in [0.3, 0.4) is 0 Å². The molecule has 0 bridgehead atoms. The Bertz CT molecular complexity index is 423. The Morgan fingerprint density at radius 1 is 1.40 bits per heavy atom. The summed E-state index contributed by atoms with van der Waals surface area (Å²) in [5.74, 6) is 0. The van der Waals surface area contributed by atoms with Crippen molar-refractivity contribution in [3.05, 3.63) is 35.4 Å². The molecule has 1 aromatic rings. The van der Waals surface area contributed by atoms with Crippen molar-refractivity contribution in [2.75, 3.05) is 13.2 Å². The van der Waals surface area contributed by atoms with Gasteiger partial charge in [-0.15, -0.1) is 0 Å². The molecule has 0 aliphatic carbocycles. The largest absolute Gasteiger partial charge is 0.396 e. The number of carbonyl (C=O) groups excluding carboxylic acids is 1. The van der Waals surface area contributed by atoms with E-state index >= 15 is 0 Å². The number of aryl methyl sites for hydroxylation is 1. The van der Waals surface area contributed by atoms with E-state index in [0.717, 1.165) is 17.5 Å². The van der Waals surface area contributed by atoms with Crippen LogP contribution in [-0.2, 0) is 0 Å². The number of urea groups is 1. The summed E-state index contributed by atoms with van der Waals surface area (Å²) in [6, 6.07) is 7.26. The fourth-order valence-electron chi connectivity index (χ4n) is 1.93. The zero-order chi connectivity index (χ0) is 15.0. The molecule has 0 aliphatic heterocycles. The minimum Gasteiger partial charge on any atom is -0.396 e. The number of benzene rings is 1. The molecule has 0 aromatic heterocycles. The summed E-state index contributed by atoms with van der Waals surface area (Å²) >= 11 is 0. The van der Waals surface area contributed by atoms with Crippen molar-refractivity contribution >= 4 is 6.03 Å². The molecule has 0 saturated carbocycles. The summed E-state index contributed by atoms with van der Waals surface area (Å²) in [4.78, 5) is 11.6. The first-order valence-electron chi connectivity index (χ1n) is 6.92. The fourth-order valence-corrected chi connectivity index (χ4v) is 1.93. The van der Waals surface area contributed by atoms with Crippen molar-refractivity contribution in [2.24, 2.45) is 0 Å². The zero-order valence-electron chi connectivity index (χ0n) is 12.1. The van der Waals surface area contributed by atoms with E-state index in [1.807, 2.05) is 38.1 Å². The predicted molar refractivity (Wildman–Crippen MR) is 78.5 cm³/mol. The van der Waals surface area contributed by atoms with Crippen molar-refractivity contribution in [1.29, 1.82) is 0 Å². The Kier molecular flexibility index (Phi) is 7.04. The van der Waals surface area contributed by atoms with Crippen molar-refractivity contribution in [2.45, 2.75) is 38.8 Å². The van der Waals surface area contributed by atoms with Crippen LogP contribution in [0.1, 0.15) is 37.0 Å². The maximum atomic E-state index is 11.6. The van der Waals surface area contributed by atoms with Gasteiger partial charge in [-0.1, -0.05) is 29.8 Å². The second-order valence-corrected chi connectivity index (χ2v) is 5.05.